The lowest BCUT2D eigenvalue weighted by atomic mass is 10.2. The average Bonchev–Trinajstić information content (AvgIpc) is 2.62. The molecule has 0 saturated carbocycles. The van der Waals surface area contributed by atoms with E-state index in [9.17, 15) is 9.59 Å². The molecule has 1 N–H and O–H groups in total. The molecule has 0 unspecified atom stereocenters. The first kappa shape index (κ1) is 12.4. The summed E-state index contributed by atoms with van der Waals surface area (Å²) >= 11 is 1.56. The van der Waals surface area contributed by atoms with E-state index in [-0.39, 0.29) is 5.91 Å². The second-order valence-electron chi connectivity index (χ2n) is 3.94. The van der Waals surface area contributed by atoms with Crippen LogP contribution in [0.3, 0.4) is 0 Å². The van der Waals surface area contributed by atoms with E-state index in [2.05, 4.69) is 0 Å². The highest BCUT2D eigenvalue weighted by molar-refractivity contribution is 8.00. The first-order valence-corrected chi connectivity index (χ1v) is 6.21. The summed E-state index contributed by atoms with van der Waals surface area (Å²) in [5.41, 5.74) is 0. The lowest BCUT2D eigenvalue weighted by molar-refractivity contribution is -0.147. The quantitative estimate of drug-likeness (QED) is 0.790. The van der Waals surface area contributed by atoms with Crippen molar-refractivity contribution >= 4 is 23.6 Å². The van der Waals surface area contributed by atoms with Gasteiger partial charge in [0.25, 0.3) is 0 Å². The minimum atomic E-state index is -0.879. The molecule has 4 nitrogen and oxygen atoms in total. The van der Waals surface area contributed by atoms with Gasteiger partial charge in [0.05, 0.1) is 5.75 Å². The SMILES string of the molecule is CC(C)SCC(=O)N1CCC[C@@H]1C(=O)O. The van der Waals surface area contributed by atoms with Crippen molar-refractivity contribution in [2.45, 2.75) is 38.0 Å². The predicted octanol–water partition coefficient (Wildman–Crippen LogP) is 1.20. The Bertz CT molecular complexity index is 255. The van der Waals surface area contributed by atoms with E-state index in [0.29, 0.717) is 24.0 Å². The maximum atomic E-state index is 11.7. The fraction of sp³-hybridized carbons (Fsp3) is 0.800. The van der Waals surface area contributed by atoms with Crippen LogP contribution in [0.5, 0.6) is 0 Å². The highest BCUT2D eigenvalue weighted by Gasteiger charge is 2.33. The molecule has 0 aliphatic carbocycles. The third kappa shape index (κ3) is 3.41. The number of carbonyl (C=O) groups is 2. The zero-order valence-electron chi connectivity index (χ0n) is 9.10. The molecule has 0 aromatic rings. The maximum Gasteiger partial charge on any atom is 0.326 e. The van der Waals surface area contributed by atoms with Crippen molar-refractivity contribution in [2.24, 2.45) is 0 Å². The fourth-order valence-electron chi connectivity index (χ4n) is 1.64. The Morgan fingerprint density at radius 3 is 2.73 bits per heavy atom. The highest BCUT2D eigenvalue weighted by Crippen LogP contribution is 2.19. The van der Waals surface area contributed by atoms with Gasteiger partial charge in [0, 0.05) is 6.54 Å². The fourth-order valence-corrected chi connectivity index (χ4v) is 2.28. The summed E-state index contributed by atoms with van der Waals surface area (Å²) < 4.78 is 0. The Balaban J connectivity index is 2.47. The molecule has 1 atom stereocenters. The van der Waals surface area contributed by atoms with Crippen molar-refractivity contribution in [3.63, 3.8) is 0 Å². The van der Waals surface area contributed by atoms with Crippen LogP contribution in [0.2, 0.25) is 0 Å². The van der Waals surface area contributed by atoms with Crippen LogP contribution in [0.15, 0.2) is 0 Å². The molecule has 1 aliphatic heterocycles. The molecular formula is C10H17NO3S. The molecule has 15 heavy (non-hydrogen) atoms. The predicted molar refractivity (Wildman–Crippen MR) is 60.0 cm³/mol. The molecule has 86 valence electrons. The topological polar surface area (TPSA) is 57.6 Å². The van der Waals surface area contributed by atoms with Gasteiger partial charge in [0.2, 0.25) is 5.91 Å². The molecule has 0 aromatic heterocycles. The van der Waals surface area contributed by atoms with Gasteiger partial charge in [-0.1, -0.05) is 13.8 Å². The van der Waals surface area contributed by atoms with E-state index in [4.69, 9.17) is 5.11 Å². The Hall–Kier alpha value is -0.710. The first-order chi connectivity index (χ1) is 7.02. The van der Waals surface area contributed by atoms with Crippen molar-refractivity contribution in [2.75, 3.05) is 12.3 Å². The lowest BCUT2D eigenvalue weighted by Crippen LogP contribution is -2.41. The molecule has 0 spiro atoms. The monoisotopic (exact) mass is 231 g/mol. The van der Waals surface area contributed by atoms with Gasteiger partial charge >= 0.3 is 5.97 Å². The minimum absolute atomic E-state index is 0.0430. The molecule has 1 rings (SSSR count). The number of rotatable bonds is 4. The zero-order valence-corrected chi connectivity index (χ0v) is 9.92. The van der Waals surface area contributed by atoms with Gasteiger partial charge in [-0.3, -0.25) is 4.79 Å². The highest BCUT2D eigenvalue weighted by atomic mass is 32.2. The van der Waals surface area contributed by atoms with Crippen molar-refractivity contribution in [3.05, 3.63) is 0 Å². The number of hydrogen-bond acceptors (Lipinski definition) is 3. The normalized spacial score (nSPS) is 21.0. The zero-order chi connectivity index (χ0) is 11.4. The van der Waals surface area contributed by atoms with Gasteiger partial charge in [-0.25, -0.2) is 4.79 Å². The molecule has 1 aliphatic rings. The lowest BCUT2D eigenvalue weighted by Gasteiger charge is -2.21. The number of amides is 1. The third-order valence-electron chi connectivity index (χ3n) is 2.40. The summed E-state index contributed by atoms with van der Waals surface area (Å²) in [5, 5.41) is 9.31. The molecule has 0 radical (unpaired) electrons. The van der Waals surface area contributed by atoms with Crippen LogP contribution in [-0.2, 0) is 9.59 Å². The molecule has 0 bridgehead atoms. The van der Waals surface area contributed by atoms with Crippen LogP contribution in [0.4, 0.5) is 0 Å². The molecule has 1 amide bonds. The molecule has 5 heteroatoms. The standard InChI is InChI=1S/C10H17NO3S/c1-7(2)15-6-9(12)11-5-3-4-8(11)10(13)14/h7-8H,3-6H2,1-2H3,(H,13,14)/t8-/m1/s1. The van der Waals surface area contributed by atoms with Gasteiger partial charge < -0.3 is 10.0 Å². The summed E-state index contributed by atoms with van der Waals surface area (Å²) in [5.74, 6) is -0.532. The van der Waals surface area contributed by atoms with Gasteiger partial charge in [-0.05, 0) is 18.1 Å². The summed E-state index contributed by atoms with van der Waals surface area (Å²) in [4.78, 5) is 24.1. The number of carbonyl (C=O) groups excluding carboxylic acids is 1. The van der Waals surface area contributed by atoms with E-state index >= 15 is 0 Å². The number of carboxylic acids is 1. The largest absolute Gasteiger partial charge is 0.480 e. The van der Waals surface area contributed by atoms with Crippen LogP contribution in [-0.4, -0.2) is 45.5 Å². The van der Waals surface area contributed by atoms with Crippen LogP contribution < -0.4 is 0 Å². The number of aliphatic carboxylic acids is 1. The molecule has 1 heterocycles. The second kappa shape index (κ2) is 5.39. The number of hydrogen-bond donors (Lipinski definition) is 1. The Labute approximate surface area is 94.0 Å². The number of likely N-dealkylation sites (tertiary alicyclic amines) is 1. The van der Waals surface area contributed by atoms with E-state index in [1.165, 1.54) is 4.90 Å². The molecule has 1 saturated heterocycles. The van der Waals surface area contributed by atoms with E-state index in [1.807, 2.05) is 13.8 Å². The molecule has 1 fully saturated rings. The summed E-state index contributed by atoms with van der Waals surface area (Å²) in [6.45, 7) is 4.64. The van der Waals surface area contributed by atoms with Crippen molar-refractivity contribution in [1.29, 1.82) is 0 Å². The van der Waals surface area contributed by atoms with Gasteiger partial charge in [0.1, 0.15) is 6.04 Å². The van der Waals surface area contributed by atoms with Crippen LogP contribution in [0.1, 0.15) is 26.7 Å². The van der Waals surface area contributed by atoms with E-state index in [0.717, 1.165) is 6.42 Å². The van der Waals surface area contributed by atoms with Crippen molar-refractivity contribution in [3.8, 4) is 0 Å². The van der Waals surface area contributed by atoms with E-state index in [1.54, 1.807) is 11.8 Å². The maximum absolute atomic E-state index is 11.7. The van der Waals surface area contributed by atoms with Crippen LogP contribution in [0.25, 0.3) is 0 Å². The van der Waals surface area contributed by atoms with Crippen LogP contribution in [0, 0.1) is 0 Å². The number of thioether (sulfide) groups is 1. The third-order valence-corrected chi connectivity index (χ3v) is 3.48. The van der Waals surface area contributed by atoms with Gasteiger partial charge in [-0.2, -0.15) is 0 Å². The summed E-state index contributed by atoms with van der Waals surface area (Å²) in [7, 11) is 0. The number of carboxylic acid groups (broad SMARTS) is 1. The molecular weight excluding hydrogens is 214 g/mol. The van der Waals surface area contributed by atoms with Gasteiger partial charge in [-0.15, -0.1) is 11.8 Å². The minimum Gasteiger partial charge on any atom is -0.480 e. The first-order valence-electron chi connectivity index (χ1n) is 5.16. The Morgan fingerprint density at radius 1 is 1.53 bits per heavy atom. The second-order valence-corrected chi connectivity index (χ2v) is 5.51. The van der Waals surface area contributed by atoms with Crippen molar-refractivity contribution < 1.29 is 14.7 Å². The summed E-state index contributed by atoms with van der Waals surface area (Å²) in [6.07, 6.45) is 1.39. The Morgan fingerprint density at radius 2 is 2.20 bits per heavy atom. The summed E-state index contributed by atoms with van der Waals surface area (Å²) in [6, 6.07) is -0.592. The van der Waals surface area contributed by atoms with Crippen LogP contribution >= 0.6 is 11.8 Å². The Kier molecular flexibility index (Phi) is 4.45. The van der Waals surface area contributed by atoms with Crippen molar-refractivity contribution in [1.82, 2.24) is 4.90 Å². The molecule has 0 aromatic carbocycles. The smallest absolute Gasteiger partial charge is 0.326 e. The number of nitrogens with zero attached hydrogens (tertiary/aromatic N) is 1. The van der Waals surface area contributed by atoms with E-state index < -0.39 is 12.0 Å². The average molecular weight is 231 g/mol. The van der Waals surface area contributed by atoms with Gasteiger partial charge in [0.15, 0.2) is 0 Å².